The van der Waals surface area contributed by atoms with Crippen molar-refractivity contribution >= 4 is 5.97 Å². The Morgan fingerprint density at radius 2 is 2.00 bits per heavy atom. The molecule has 1 N–H and O–H groups in total. The summed E-state index contributed by atoms with van der Waals surface area (Å²) in [6, 6.07) is 7.30. The molecule has 2 rings (SSSR count). The molecule has 0 saturated carbocycles. The lowest BCUT2D eigenvalue weighted by atomic mass is 10.1. The first kappa shape index (κ1) is 18.6. The van der Waals surface area contributed by atoms with E-state index in [9.17, 15) is 14.7 Å². The van der Waals surface area contributed by atoms with Crippen LogP contribution in [0.1, 0.15) is 34.8 Å². The standard InChI is InChI=1S/C19H23NO5/c1-4-11-25-15-6-5-14(12-16(15)24-3)8-10-20-9-7-13(2)17(18(20)21)19(22)23/h5-7,9,12H,4,8,10-11H2,1-3H3,(H,22,23). The number of aromatic nitrogens is 1. The van der Waals surface area contributed by atoms with Crippen LogP contribution in [0.3, 0.4) is 0 Å². The molecule has 1 aromatic carbocycles. The summed E-state index contributed by atoms with van der Waals surface area (Å²) < 4.78 is 12.4. The van der Waals surface area contributed by atoms with Gasteiger partial charge in [-0.05, 0) is 49.1 Å². The van der Waals surface area contributed by atoms with E-state index >= 15 is 0 Å². The Balaban J connectivity index is 2.18. The van der Waals surface area contributed by atoms with Crippen LogP contribution in [0.4, 0.5) is 0 Å². The van der Waals surface area contributed by atoms with Crippen molar-refractivity contribution in [2.75, 3.05) is 13.7 Å². The highest BCUT2D eigenvalue weighted by Gasteiger charge is 2.14. The van der Waals surface area contributed by atoms with Gasteiger partial charge in [0.1, 0.15) is 5.56 Å². The molecule has 0 bridgehead atoms. The minimum absolute atomic E-state index is 0.177. The molecule has 6 nitrogen and oxygen atoms in total. The fraction of sp³-hybridized carbons (Fsp3) is 0.368. The maximum atomic E-state index is 12.3. The third-order valence-electron chi connectivity index (χ3n) is 3.92. The number of benzene rings is 1. The van der Waals surface area contributed by atoms with Crippen LogP contribution in [-0.4, -0.2) is 29.4 Å². The molecule has 0 atom stereocenters. The second kappa shape index (κ2) is 8.37. The molecule has 0 aliphatic carbocycles. The van der Waals surface area contributed by atoms with Crippen LogP contribution in [0.25, 0.3) is 0 Å². The number of nitrogens with zero attached hydrogens (tertiary/aromatic N) is 1. The van der Waals surface area contributed by atoms with Crippen LogP contribution in [-0.2, 0) is 13.0 Å². The number of rotatable bonds is 8. The summed E-state index contributed by atoms with van der Waals surface area (Å²) in [4.78, 5) is 23.5. The lowest BCUT2D eigenvalue weighted by Crippen LogP contribution is -2.27. The molecule has 6 heteroatoms. The summed E-state index contributed by atoms with van der Waals surface area (Å²) in [5.41, 5.74) is 0.781. The Labute approximate surface area is 146 Å². The Morgan fingerprint density at radius 1 is 1.24 bits per heavy atom. The summed E-state index contributed by atoms with van der Waals surface area (Å²) in [7, 11) is 1.58. The van der Waals surface area contributed by atoms with E-state index in [1.807, 2.05) is 25.1 Å². The van der Waals surface area contributed by atoms with Crippen molar-refractivity contribution in [1.82, 2.24) is 4.57 Å². The number of hydrogen-bond acceptors (Lipinski definition) is 4. The van der Waals surface area contributed by atoms with Crippen molar-refractivity contribution in [3.8, 4) is 11.5 Å². The number of ether oxygens (including phenoxy) is 2. The van der Waals surface area contributed by atoms with Gasteiger partial charge in [0.2, 0.25) is 0 Å². The molecule has 0 fully saturated rings. The second-order valence-corrected chi connectivity index (χ2v) is 5.76. The van der Waals surface area contributed by atoms with E-state index in [0.717, 1.165) is 12.0 Å². The zero-order valence-corrected chi connectivity index (χ0v) is 14.7. The first-order chi connectivity index (χ1) is 12.0. The fourth-order valence-corrected chi connectivity index (χ4v) is 2.55. The van der Waals surface area contributed by atoms with Gasteiger partial charge >= 0.3 is 5.97 Å². The van der Waals surface area contributed by atoms with Gasteiger partial charge in [-0.1, -0.05) is 13.0 Å². The predicted octanol–water partition coefficient (Wildman–Crippen LogP) is 2.90. The molecule has 0 spiro atoms. The van der Waals surface area contributed by atoms with Crippen LogP contribution >= 0.6 is 0 Å². The van der Waals surface area contributed by atoms with Gasteiger partial charge < -0.3 is 19.1 Å². The molecule has 0 radical (unpaired) electrons. The minimum Gasteiger partial charge on any atom is -0.493 e. The fourth-order valence-electron chi connectivity index (χ4n) is 2.55. The molecule has 0 aliphatic heterocycles. The highest BCUT2D eigenvalue weighted by atomic mass is 16.5. The second-order valence-electron chi connectivity index (χ2n) is 5.76. The number of carboxylic acids is 1. The highest BCUT2D eigenvalue weighted by Crippen LogP contribution is 2.28. The van der Waals surface area contributed by atoms with Gasteiger partial charge in [0.05, 0.1) is 13.7 Å². The number of hydrogen-bond donors (Lipinski definition) is 1. The Hall–Kier alpha value is -2.76. The van der Waals surface area contributed by atoms with Gasteiger partial charge in [0, 0.05) is 12.7 Å². The topological polar surface area (TPSA) is 77.8 Å². The molecule has 1 aromatic heterocycles. The van der Waals surface area contributed by atoms with Crippen molar-refractivity contribution < 1.29 is 19.4 Å². The lowest BCUT2D eigenvalue weighted by molar-refractivity contribution is 0.0693. The van der Waals surface area contributed by atoms with Gasteiger partial charge in [-0.15, -0.1) is 0 Å². The van der Waals surface area contributed by atoms with E-state index in [2.05, 4.69) is 0 Å². The monoisotopic (exact) mass is 345 g/mol. The molecular weight excluding hydrogens is 322 g/mol. The third kappa shape index (κ3) is 4.41. The summed E-state index contributed by atoms with van der Waals surface area (Å²) in [5, 5.41) is 9.18. The van der Waals surface area contributed by atoms with E-state index in [-0.39, 0.29) is 5.56 Å². The smallest absolute Gasteiger partial charge is 0.341 e. The van der Waals surface area contributed by atoms with Crippen molar-refractivity contribution in [3.05, 3.63) is 57.5 Å². The number of carboxylic acid groups (broad SMARTS) is 1. The largest absolute Gasteiger partial charge is 0.493 e. The average molecular weight is 345 g/mol. The van der Waals surface area contributed by atoms with Gasteiger partial charge in [0.25, 0.3) is 5.56 Å². The van der Waals surface area contributed by atoms with Gasteiger partial charge in [-0.3, -0.25) is 4.79 Å². The Kier molecular flexibility index (Phi) is 6.22. The maximum Gasteiger partial charge on any atom is 0.341 e. The minimum atomic E-state index is -1.20. The van der Waals surface area contributed by atoms with E-state index in [0.29, 0.717) is 36.6 Å². The SMILES string of the molecule is CCCOc1ccc(CCn2ccc(C)c(C(=O)O)c2=O)cc1OC. The van der Waals surface area contributed by atoms with Gasteiger partial charge in [0.15, 0.2) is 11.5 Å². The quantitative estimate of drug-likeness (QED) is 0.796. The number of carbonyl (C=O) groups is 1. The van der Waals surface area contributed by atoms with E-state index in [1.54, 1.807) is 26.3 Å². The molecule has 0 saturated heterocycles. The van der Waals surface area contributed by atoms with Crippen LogP contribution in [0, 0.1) is 6.92 Å². The lowest BCUT2D eigenvalue weighted by Gasteiger charge is -2.12. The van der Waals surface area contributed by atoms with E-state index in [4.69, 9.17) is 9.47 Å². The van der Waals surface area contributed by atoms with Gasteiger partial charge in [-0.25, -0.2) is 4.79 Å². The zero-order valence-electron chi connectivity index (χ0n) is 14.7. The van der Waals surface area contributed by atoms with Crippen molar-refractivity contribution in [2.24, 2.45) is 0 Å². The molecule has 2 aromatic rings. The Morgan fingerprint density at radius 3 is 2.64 bits per heavy atom. The van der Waals surface area contributed by atoms with Gasteiger partial charge in [-0.2, -0.15) is 0 Å². The summed E-state index contributed by atoms with van der Waals surface area (Å²) in [6.07, 6.45) is 3.11. The molecule has 0 amide bonds. The summed E-state index contributed by atoms with van der Waals surface area (Å²) >= 11 is 0. The van der Waals surface area contributed by atoms with E-state index in [1.165, 1.54) is 4.57 Å². The molecule has 0 unspecified atom stereocenters. The molecule has 134 valence electrons. The van der Waals surface area contributed by atoms with Crippen molar-refractivity contribution in [1.29, 1.82) is 0 Å². The number of pyridine rings is 1. The van der Waals surface area contributed by atoms with Crippen LogP contribution in [0.5, 0.6) is 11.5 Å². The van der Waals surface area contributed by atoms with Crippen LogP contribution in [0.15, 0.2) is 35.3 Å². The first-order valence-electron chi connectivity index (χ1n) is 8.21. The highest BCUT2D eigenvalue weighted by molar-refractivity contribution is 5.88. The van der Waals surface area contributed by atoms with Crippen LogP contribution in [0.2, 0.25) is 0 Å². The molecular formula is C19H23NO5. The van der Waals surface area contributed by atoms with Crippen molar-refractivity contribution in [3.63, 3.8) is 0 Å². The summed E-state index contributed by atoms with van der Waals surface area (Å²) in [5.74, 6) is 0.137. The van der Waals surface area contributed by atoms with Crippen molar-refractivity contribution in [2.45, 2.75) is 33.2 Å². The third-order valence-corrected chi connectivity index (χ3v) is 3.92. The normalized spacial score (nSPS) is 10.5. The Bertz CT molecular complexity index is 810. The summed E-state index contributed by atoms with van der Waals surface area (Å²) in [6.45, 7) is 4.66. The first-order valence-corrected chi connectivity index (χ1v) is 8.21. The number of methoxy groups -OCH3 is 1. The maximum absolute atomic E-state index is 12.3. The number of aryl methyl sites for hydroxylation is 3. The average Bonchev–Trinajstić information content (AvgIpc) is 2.59. The molecule has 25 heavy (non-hydrogen) atoms. The zero-order chi connectivity index (χ0) is 18.4. The van der Waals surface area contributed by atoms with E-state index < -0.39 is 11.5 Å². The molecule has 0 aliphatic rings. The van der Waals surface area contributed by atoms with Crippen LogP contribution < -0.4 is 15.0 Å². The molecule has 1 heterocycles. The number of aromatic carboxylic acids is 1. The predicted molar refractivity (Wildman–Crippen MR) is 94.9 cm³/mol.